The van der Waals surface area contributed by atoms with E-state index in [9.17, 15) is 0 Å². The molecule has 1 N–H and O–H groups in total. The van der Waals surface area contributed by atoms with Crippen LogP contribution in [0.3, 0.4) is 0 Å². The van der Waals surface area contributed by atoms with Crippen LogP contribution in [0.15, 0.2) is 12.3 Å². The number of nitrogens with one attached hydrogen (secondary N) is 1. The minimum atomic E-state index is -0.625. The second-order valence-corrected chi connectivity index (χ2v) is 3.03. The third-order valence-corrected chi connectivity index (χ3v) is 2.38. The van der Waals surface area contributed by atoms with Gasteiger partial charge in [0, 0.05) is 31.9 Å². The van der Waals surface area contributed by atoms with Gasteiger partial charge >= 0.3 is 0 Å². The zero-order chi connectivity index (χ0) is 9.31. The van der Waals surface area contributed by atoms with Gasteiger partial charge in [-0.3, -0.25) is 5.10 Å². The fourth-order valence-corrected chi connectivity index (χ4v) is 1.49. The molecule has 0 amide bonds. The van der Waals surface area contributed by atoms with E-state index in [1.165, 1.54) is 0 Å². The Hall–Kier alpha value is -1.13. The molecule has 0 spiro atoms. The summed E-state index contributed by atoms with van der Waals surface area (Å²) >= 11 is 0. The lowest BCUT2D eigenvalue weighted by Gasteiger charge is -2.29. The summed E-state index contributed by atoms with van der Waals surface area (Å²) in [7, 11) is 3.27. The standard InChI is InChI=1S/C9H12N2O2/c1-12-9(13-2)4-3-7-6-10-11-8(7)5-9/h3-4,6H,5H2,1-2H3,(H,10,11). The van der Waals surface area contributed by atoms with Crippen molar-refractivity contribution < 1.29 is 9.47 Å². The van der Waals surface area contributed by atoms with E-state index in [-0.39, 0.29) is 0 Å². The van der Waals surface area contributed by atoms with Crippen molar-refractivity contribution in [1.82, 2.24) is 10.2 Å². The van der Waals surface area contributed by atoms with Gasteiger partial charge < -0.3 is 9.47 Å². The second kappa shape index (κ2) is 2.97. The molecule has 0 unspecified atom stereocenters. The molecule has 1 aromatic rings. The average Bonchev–Trinajstić information content (AvgIpc) is 2.64. The van der Waals surface area contributed by atoms with Crippen molar-refractivity contribution in [2.24, 2.45) is 0 Å². The number of H-pyrrole nitrogens is 1. The summed E-state index contributed by atoms with van der Waals surface area (Å²) in [6.07, 6.45) is 6.33. The summed E-state index contributed by atoms with van der Waals surface area (Å²) in [4.78, 5) is 0. The SMILES string of the molecule is COC1(OC)C=Cc2cn[nH]c2C1. The van der Waals surface area contributed by atoms with Crippen molar-refractivity contribution in [2.45, 2.75) is 12.2 Å². The topological polar surface area (TPSA) is 47.1 Å². The van der Waals surface area contributed by atoms with Crippen LogP contribution in [0.4, 0.5) is 0 Å². The minimum Gasteiger partial charge on any atom is -0.349 e. The van der Waals surface area contributed by atoms with Gasteiger partial charge in [0.05, 0.1) is 6.20 Å². The second-order valence-electron chi connectivity index (χ2n) is 3.03. The van der Waals surface area contributed by atoms with Crippen LogP contribution in [-0.4, -0.2) is 30.2 Å². The lowest BCUT2D eigenvalue weighted by atomic mass is 10.00. The number of fused-ring (bicyclic) bond motifs is 1. The number of hydrogen-bond acceptors (Lipinski definition) is 3. The van der Waals surface area contributed by atoms with Gasteiger partial charge in [-0.2, -0.15) is 5.10 Å². The van der Waals surface area contributed by atoms with Gasteiger partial charge in [-0.05, 0) is 6.08 Å². The molecule has 0 saturated heterocycles. The van der Waals surface area contributed by atoms with Gasteiger partial charge in [0.2, 0.25) is 0 Å². The number of methoxy groups -OCH3 is 2. The molecule has 70 valence electrons. The van der Waals surface area contributed by atoms with Crippen LogP contribution in [0.2, 0.25) is 0 Å². The van der Waals surface area contributed by atoms with Crippen LogP contribution in [0.5, 0.6) is 0 Å². The van der Waals surface area contributed by atoms with Crippen molar-refractivity contribution in [2.75, 3.05) is 14.2 Å². The third-order valence-electron chi connectivity index (χ3n) is 2.38. The zero-order valence-corrected chi connectivity index (χ0v) is 7.70. The first kappa shape index (κ1) is 8.47. The zero-order valence-electron chi connectivity index (χ0n) is 7.70. The largest absolute Gasteiger partial charge is 0.349 e. The Morgan fingerprint density at radius 2 is 2.23 bits per heavy atom. The molecule has 4 heteroatoms. The number of hydrogen-bond donors (Lipinski definition) is 1. The molecule has 4 nitrogen and oxygen atoms in total. The van der Waals surface area contributed by atoms with E-state index in [2.05, 4.69) is 10.2 Å². The monoisotopic (exact) mass is 180 g/mol. The highest BCUT2D eigenvalue weighted by atomic mass is 16.7. The molecule has 1 aliphatic rings. The summed E-state index contributed by atoms with van der Waals surface area (Å²) in [6.45, 7) is 0. The predicted octanol–water partition coefficient (Wildman–Crippen LogP) is 0.968. The number of ether oxygens (including phenoxy) is 2. The maximum Gasteiger partial charge on any atom is 0.193 e. The van der Waals surface area contributed by atoms with Gasteiger partial charge in [0.1, 0.15) is 0 Å². The van der Waals surface area contributed by atoms with Crippen LogP contribution < -0.4 is 0 Å². The number of nitrogens with zero attached hydrogens (tertiary/aromatic N) is 1. The summed E-state index contributed by atoms with van der Waals surface area (Å²) in [5, 5.41) is 6.87. The third kappa shape index (κ3) is 1.28. The van der Waals surface area contributed by atoms with Crippen LogP contribution in [0.1, 0.15) is 11.3 Å². The molecule has 1 heterocycles. The molecule has 0 fully saturated rings. The predicted molar refractivity (Wildman–Crippen MR) is 48.1 cm³/mol. The van der Waals surface area contributed by atoms with E-state index < -0.39 is 5.79 Å². The Morgan fingerprint density at radius 1 is 1.46 bits per heavy atom. The van der Waals surface area contributed by atoms with Crippen LogP contribution in [-0.2, 0) is 15.9 Å². The van der Waals surface area contributed by atoms with Crippen LogP contribution >= 0.6 is 0 Å². The van der Waals surface area contributed by atoms with E-state index in [0.29, 0.717) is 6.42 Å². The molecular formula is C9H12N2O2. The van der Waals surface area contributed by atoms with E-state index in [0.717, 1.165) is 11.3 Å². The highest BCUT2D eigenvalue weighted by Crippen LogP contribution is 2.27. The molecule has 0 aliphatic heterocycles. The van der Waals surface area contributed by atoms with E-state index in [1.54, 1.807) is 20.4 Å². The quantitative estimate of drug-likeness (QED) is 0.690. The molecule has 0 bridgehead atoms. The summed E-state index contributed by atoms with van der Waals surface area (Å²) in [5.74, 6) is -0.625. The molecule has 0 radical (unpaired) electrons. The van der Waals surface area contributed by atoms with E-state index >= 15 is 0 Å². The van der Waals surface area contributed by atoms with Crippen molar-refractivity contribution in [1.29, 1.82) is 0 Å². The number of aromatic amines is 1. The first-order chi connectivity index (χ1) is 6.29. The normalized spacial score (nSPS) is 18.6. The van der Waals surface area contributed by atoms with Crippen LogP contribution in [0.25, 0.3) is 6.08 Å². The Morgan fingerprint density at radius 3 is 2.92 bits per heavy atom. The highest BCUT2D eigenvalue weighted by Gasteiger charge is 2.31. The van der Waals surface area contributed by atoms with Gasteiger partial charge in [-0.1, -0.05) is 6.08 Å². The van der Waals surface area contributed by atoms with Crippen molar-refractivity contribution in [3.8, 4) is 0 Å². The van der Waals surface area contributed by atoms with Crippen LogP contribution in [0, 0.1) is 0 Å². The van der Waals surface area contributed by atoms with Crippen molar-refractivity contribution in [3.05, 3.63) is 23.5 Å². The van der Waals surface area contributed by atoms with Gasteiger partial charge in [0.25, 0.3) is 0 Å². The van der Waals surface area contributed by atoms with E-state index in [4.69, 9.17) is 9.47 Å². The molecule has 1 aliphatic carbocycles. The van der Waals surface area contributed by atoms with E-state index in [1.807, 2.05) is 12.2 Å². The molecule has 0 atom stereocenters. The highest BCUT2D eigenvalue weighted by molar-refractivity contribution is 5.55. The lowest BCUT2D eigenvalue weighted by molar-refractivity contribution is -0.169. The smallest absolute Gasteiger partial charge is 0.193 e. The van der Waals surface area contributed by atoms with Gasteiger partial charge in [-0.25, -0.2) is 0 Å². The average molecular weight is 180 g/mol. The fraction of sp³-hybridized carbons (Fsp3) is 0.444. The number of aromatic nitrogens is 2. The number of rotatable bonds is 2. The minimum absolute atomic E-state index is 0.625. The van der Waals surface area contributed by atoms with Crippen molar-refractivity contribution >= 4 is 6.08 Å². The fourth-order valence-electron chi connectivity index (χ4n) is 1.49. The Balaban J connectivity index is 2.33. The molecule has 1 aromatic heterocycles. The molecule has 0 aromatic carbocycles. The lowest BCUT2D eigenvalue weighted by Crippen LogP contribution is -2.35. The first-order valence-corrected chi connectivity index (χ1v) is 4.11. The Labute approximate surface area is 76.5 Å². The summed E-state index contributed by atoms with van der Waals surface area (Å²) in [6, 6.07) is 0. The molecule has 13 heavy (non-hydrogen) atoms. The van der Waals surface area contributed by atoms with Crippen molar-refractivity contribution in [3.63, 3.8) is 0 Å². The van der Waals surface area contributed by atoms with Gasteiger partial charge in [0.15, 0.2) is 5.79 Å². The Kier molecular flexibility index (Phi) is 1.94. The maximum absolute atomic E-state index is 5.30. The molecule has 0 saturated carbocycles. The molecule has 2 rings (SSSR count). The molecular weight excluding hydrogens is 168 g/mol. The maximum atomic E-state index is 5.30. The summed E-state index contributed by atoms with van der Waals surface area (Å²) < 4.78 is 10.6. The van der Waals surface area contributed by atoms with Gasteiger partial charge in [-0.15, -0.1) is 0 Å². The summed E-state index contributed by atoms with van der Waals surface area (Å²) in [5.41, 5.74) is 2.15. The first-order valence-electron chi connectivity index (χ1n) is 4.11. The Bertz CT molecular complexity index is 326.